The van der Waals surface area contributed by atoms with Crippen LogP contribution < -0.4 is 0 Å². The van der Waals surface area contributed by atoms with Crippen molar-refractivity contribution >= 4 is 5.78 Å². The number of rotatable bonds is 5. The molecule has 0 N–H and O–H groups in total. The molecule has 1 aliphatic heterocycles. The van der Waals surface area contributed by atoms with Gasteiger partial charge in [0.05, 0.1) is 13.2 Å². The molecule has 0 saturated carbocycles. The van der Waals surface area contributed by atoms with E-state index in [1.54, 1.807) is 0 Å². The van der Waals surface area contributed by atoms with Crippen LogP contribution in [0.4, 0.5) is 0 Å². The average molecular weight is 185 g/mol. The third kappa shape index (κ3) is 3.44. The Kier molecular flexibility index (Phi) is 4.39. The van der Waals surface area contributed by atoms with E-state index >= 15 is 0 Å². The summed E-state index contributed by atoms with van der Waals surface area (Å²) in [6, 6.07) is 0.459. The molecular weight excluding hydrogens is 166 g/mol. The zero-order valence-electron chi connectivity index (χ0n) is 8.58. The standard InChI is InChI=1S/C10H19NO2/c1-3-4-10(12)7-11(2)9-5-6-13-8-9/h9H,3-8H2,1-2H3. The summed E-state index contributed by atoms with van der Waals surface area (Å²) in [6.07, 6.45) is 2.72. The summed E-state index contributed by atoms with van der Waals surface area (Å²) < 4.78 is 5.27. The molecule has 0 radical (unpaired) electrons. The SMILES string of the molecule is CCCC(=O)CN(C)C1CCOC1. The number of nitrogens with zero attached hydrogens (tertiary/aromatic N) is 1. The lowest BCUT2D eigenvalue weighted by Crippen LogP contribution is -2.36. The summed E-state index contributed by atoms with van der Waals surface area (Å²) in [4.78, 5) is 13.4. The smallest absolute Gasteiger partial charge is 0.146 e. The lowest BCUT2D eigenvalue weighted by molar-refractivity contribution is -0.120. The third-order valence-electron chi connectivity index (χ3n) is 2.48. The van der Waals surface area contributed by atoms with E-state index in [1.807, 2.05) is 14.0 Å². The van der Waals surface area contributed by atoms with Gasteiger partial charge in [-0.25, -0.2) is 0 Å². The van der Waals surface area contributed by atoms with Crippen molar-refractivity contribution in [3.63, 3.8) is 0 Å². The van der Waals surface area contributed by atoms with Gasteiger partial charge in [0.2, 0.25) is 0 Å². The van der Waals surface area contributed by atoms with Crippen LogP contribution in [-0.2, 0) is 9.53 Å². The molecule has 0 spiro atoms. The van der Waals surface area contributed by atoms with Crippen LogP contribution in [0.3, 0.4) is 0 Å². The largest absolute Gasteiger partial charge is 0.380 e. The lowest BCUT2D eigenvalue weighted by Gasteiger charge is -2.21. The number of ketones is 1. The Balaban J connectivity index is 2.22. The van der Waals surface area contributed by atoms with Crippen molar-refractivity contribution in [1.82, 2.24) is 4.90 Å². The number of hydrogen-bond acceptors (Lipinski definition) is 3. The van der Waals surface area contributed by atoms with Gasteiger partial charge in [-0.15, -0.1) is 0 Å². The van der Waals surface area contributed by atoms with E-state index < -0.39 is 0 Å². The second kappa shape index (κ2) is 5.35. The Morgan fingerprint density at radius 1 is 1.62 bits per heavy atom. The Labute approximate surface area is 80.1 Å². The van der Waals surface area contributed by atoms with Crippen molar-refractivity contribution in [3.05, 3.63) is 0 Å². The number of hydrogen-bond donors (Lipinski definition) is 0. The van der Waals surface area contributed by atoms with Crippen LogP contribution in [0, 0.1) is 0 Å². The predicted octanol–water partition coefficient (Wildman–Crippen LogP) is 1.08. The van der Waals surface area contributed by atoms with Crippen molar-refractivity contribution < 1.29 is 9.53 Å². The van der Waals surface area contributed by atoms with E-state index in [0.717, 1.165) is 26.1 Å². The first-order chi connectivity index (χ1) is 6.24. The monoisotopic (exact) mass is 185 g/mol. The molecule has 0 aromatic carbocycles. The van der Waals surface area contributed by atoms with Gasteiger partial charge in [0.15, 0.2) is 0 Å². The predicted molar refractivity (Wildman–Crippen MR) is 51.8 cm³/mol. The van der Waals surface area contributed by atoms with E-state index in [2.05, 4.69) is 4.90 Å². The quantitative estimate of drug-likeness (QED) is 0.642. The Morgan fingerprint density at radius 2 is 2.38 bits per heavy atom. The zero-order chi connectivity index (χ0) is 9.68. The Morgan fingerprint density at radius 3 is 2.92 bits per heavy atom. The van der Waals surface area contributed by atoms with Crippen LogP contribution in [-0.4, -0.2) is 43.5 Å². The van der Waals surface area contributed by atoms with Crippen LogP contribution >= 0.6 is 0 Å². The van der Waals surface area contributed by atoms with Crippen molar-refractivity contribution in [2.45, 2.75) is 32.2 Å². The number of carbonyl (C=O) groups is 1. The number of ether oxygens (including phenoxy) is 1. The number of Topliss-reactive ketones (excluding diaryl/α,β-unsaturated/α-hetero) is 1. The summed E-state index contributed by atoms with van der Waals surface area (Å²) in [5.41, 5.74) is 0. The van der Waals surface area contributed by atoms with Crippen LogP contribution in [0.25, 0.3) is 0 Å². The highest BCUT2D eigenvalue weighted by atomic mass is 16.5. The second-order valence-electron chi connectivity index (χ2n) is 3.72. The molecule has 0 aromatic rings. The molecule has 3 heteroatoms. The van der Waals surface area contributed by atoms with Gasteiger partial charge in [-0.1, -0.05) is 6.92 Å². The fourth-order valence-electron chi connectivity index (χ4n) is 1.63. The normalized spacial score (nSPS) is 22.5. The molecule has 1 unspecified atom stereocenters. The highest BCUT2D eigenvalue weighted by Gasteiger charge is 2.21. The molecule has 3 nitrogen and oxygen atoms in total. The summed E-state index contributed by atoms with van der Waals surface area (Å²) in [7, 11) is 2.01. The van der Waals surface area contributed by atoms with Gasteiger partial charge in [-0.3, -0.25) is 9.69 Å². The molecule has 1 rings (SSSR count). The maximum absolute atomic E-state index is 11.3. The van der Waals surface area contributed by atoms with Gasteiger partial charge >= 0.3 is 0 Å². The lowest BCUT2D eigenvalue weighted by atomic mass is 10.2. The molecule has 0 amide bonds. The molecule has 0 bridgehead atoms. The van der Waals surface area contributed by atoms with Crippen molar-refractivity contribution in [2.75, 3.05) is 26.8 Å². The first-order valence-electron chi connectivity index (χ1n) is 5.03. The molecule has 76 valence electrons. The first kappa shape index (κ1) is 10.7. The maximum atomic E-state index is 11.3. The van der Waals surface area contributed by atoms with E-state index in [0.29, 0.717) is 24.8 Å². The first-order valence-corrected chi connectivity index (χ1v) is 5.03. The molecule has 1 heterocycles. The topological polar surface area (TPSA) is 29.5 Å². The highest BCUT2D eigenvalue weighted by molar-refractivity contribution is 5.80. The van der Waals surface area contributed by atoms with Gasteiger partial charge in [-0.05, 0) is 19.9 Å². The van der Waals surface area contributed by atoms with E-state index in [4.69, 9.17) is 4.74 Å². The summed E-state index contributed by atoms with van der Waals surface area (Å²) in [5, 5.41) is 0. The van der Waals surface area contributed by atoms with E-state index in [9.17, 15) is 4.79 Å². The molecule has 1 atom stereocenters. The molecular formula is C10H19NO2. The number of likely N-dealkylation sites (N-methyl/N-ethyl adjacent to an activating group) is 1. The number of carbonyl (C=O) groups excluding carboxylic acids is 1. The Hall–Kier alpha value is -0.410. The van der Waals surface area contributed by atoms with Gasteiger partial charge in [0.1, 0.15) is 5.78 Å². The van der Waals surface area contributed by atoms with Gasteiger partial charge < -0.3 is 4.74 Å². The van der Waals surface area contributed by atoms with Gasteiger partial charge in [-0.2, -0.15) is 0 Å². The minimum Gasteiger partial charge on any atom is -0.380 e. The van der Waals surface area contributed by atoms with E-state index in [-0.39, 0.29) is 0 Å². The zero-order valence-corrected chi connectivity index (χ0v) is 8.58. The second-order valence-corrected chi connectivity index (χ2v) is 3.72. The maximum Gasteiger partial charge on any atom is 0.146 e. The fraction of sp³-hybridized carbons (Fsp3) is 0.900. The molecule has 1 fully saturated rings. The average Bonchev–Trinajstić information content (AvgIpc) is 2.55. The summed E-state index contributed by atoms with van der Waals surface area (Å²) in [5.74, 6) is 0.344. The minimum atomic E-state index is 0.344. The fourth-order valence-corrected chi connectivity index (χ4v) is 1.63. The molecule has 0 aliphatic carbocycles. The Bertz CT molecular complexity index is 164. The summed E-state index contributed by atoms with van der Waals surface area (Å²) in [6.45, 7) is 4.26. The summed E-state index contributed by atoms with van der Waals surface area (Å²) >= 11 is 0. The molecule has 1 aliphatic rings. The van der Waals surface area contributed by atoms with Crippen molar-refractivity contribution in [2.24, 2.45) is 0 Å². The molecule has 1 saturated heterocycles. The van der Waals surface area contributed by atoms with Crippen LogP contribution in [0.2, 0.25) is 0 Å². The minimum absolute atomic E-state index is 0.344. The van der Waals surface area contributed by atoms with E-state index in [1.165, 1.54) is 0 Å². The highest BCUT2D eigenvalue weighted by Crippen LogP contribution is 2.10. The third-order valence-corrected chi connectivity index (χ3v) is 2.48. The van der Waals surface area contributed by atoms with Crippen molar-refractivity contribution in [3.8, 4) is 0 Å². The van der Waals surface area contributed by atoms with Crippen LogP contribution in [0.5, 0.6) is 0 Å². The molecule has 13 heavy (non-hydrogen) atoms. The van der Waals surface area contributed by atoms with Gasteiger partial charge in [0, 0.05) is 19.1 Å². The molecule has 0 aromatic heterocycles. The van der Waals surface area contributed by atoms with Crippen molar-refractivity contribution in [1.29, 1.82) is 0 Å². The van der Waals surface area contributed by atoms with Gasteiger partial charge in [0.25, 0.3) is 0 Å². The van der Waals surface area contributed by atoms with Crippen LogP contribution in [0.1, 0.15) is 26.2 Å². The van der Waals surface area contributed by atoms with Crippen LogP contribution in [0.15, 0.2) is 0 Å².